The topological polar surface area (TPSA) is 21.3 Å². The van der Waals surface area contributed by atoms with Crippen LogP contribution in [0.3, 0.4) is 0 Å². The molecular formula is C11H13Br2NO. The van der Waals surface area contributed by atoms with Gasteiger partial charge in [0.25, 0.3) is 0 Å². The van der Waals surface area contributed by atoms with Gasteiger partial charge in [0.2, 0.25) is 0 Å². The molecule has 1 aliphatic heterocycles. The molecule has 1 N–H and O–H groups in total. The molecule has 0 amide bonds. The second-order valence-corrected chi connectivity index (χ2v) is 5.43. The highest BCUT2D eigenvalue weighted by atomic mass is 79.9. The summed E-state index contributed by atoms with van der Waals surface area (Å²) in [5.74, 6) is 0.942. The molecule has 0 bridgehead atoms. The average Bonchev–Trinajstić information content (AvgIpc) is 2.69. The Kier molecular flexibility index (Phi) is 3.69. The van der Waals surface area contributed by atoms with Gasteiger partial charge >= 0.3 is 0 Å². The molecule has 1 atom stereocenters. The van der Waals surface area contributed by atoms with Gasteiger partial charge in [-0.1, -0.05) is 15.9 Å². The first-order valence-corrected chi connectivity index (χ1v) is 6.57. The molecule has 4 heteroatoms. The minimum absolute atomic E-state index is 0.425. The quantitative estimate of drug-likeness (QED) is 0.891. The number of hydrogen-bond donors (Lipinski definition) is 1. The molecular weight excluding hydrogens is 322 g/mol. The van der Waals surface area contributed by atoms with Gasteiger partial charge in [-0.15, -0.1) is 0 Å². The van der Waals surface area contributed by atoms with E-state index in [2.05, 4.69) is 43.2 Å². The van der Waals surface area contributed by atoms with Crippen LogP contribution in [-0.4, -0.2) is 13.7 Å². The van der Waals surface area contributed by atoms with Crippen molar-refractivity contribution < 1.29 is 4.74 Å². The highest BCUT2D eigenvalue weighted by Crippen LogP contribution is 2.38. The summed E-state index contributed by atoms with van der Waals surface area (Å²) in [5.41, 5.74) is 1.23. The highest BCUT2D eigenvalue weighted by molar-refractivity contribution is 9.11. The minimum Gasteiger partial charge on any atom is -0.495 e. The van der Waals surface area contributed by atoms with Crippen LogP contribution >= 0.6 is 31.9 Å². The van der Waals surface area contributed by atoms with Gasteiger partial charge in [-0.2, -0.15) is 0 Å². The Balaban J connectivity index is 2.42. The van der Waals surface area contributed by atoms with E-state index < -0.39 is 0 Å². The Morgan fingerprint density at radius 3 is 2.80 bits per heavy atom. The zero-order valence-corrected chi connectivity index (χ0v) is 11.7. The molecule has 1 unspecified atom stereocenters. The fraction of sp³-hybridized carbons (Fsp3) is 0.455. The normalized spacial score (nSPS) is 20.6. The van der Waals surface area contributed by atoms with Gasteiger partial charge < -0.3 is 10.1 Å². The lowest BCUT2D eigenvalue weighted by Crippen LogP contribution is -2.14. The van der Waals surface area contributed by atoms with Gasteiger partial charge in [0.1, 0.15) is 5.75 Å². The minimum atomic E-state index is 0.425. The van der Waals surface area contributed by atoms with Gasteiger partial charge in [0.05, 0.1) is 11.6 Å². The molecule has 2 nitrogen and oxygen atoms in total. The van der Waals surface area contributed by atoms with Gasteiger partial charge in [-0.05, 0) is 47.4 Å². The predicted molar refractivity (Wildman–Crippen MR) is 68.4 cm³/mol. The third-order valence-corrected chi connectivity index (χ3v) is 3.72. The number of methoxy groups -OCH3 is 1. The SMILES string of the molecule is COc1c(Br)cc(Br)cc1C1CCCN1. The number of hydrogen-bond acceptors (Lipinski definition) is 2. The van der Waals surface area contributed by atoms with E-state index in [0.29, 0.717) is 6.04 Å². The Hall–Kier alpha value is -0.0600. The molecule has 1 saturated heterocycles. The summed E-state index contributed by atoms with van der Waals surface area (Å²) in [6, 6.07) is 4.57. The Labute approximate surface area is 107 Å². The predicted octanol–water partition coefficient (Wildman–Crippen LogP) is 3.64. The number of ether oxygens (including phenoxy) is 1. The molecule has 0 saturated carbocycles. The second kappa shape index (κ2) is 4.85. The summed E-state index contributed by atoms with van der Waals surface area (Å²) in [4.78, 5) is 0. The largest absolute Gasteiger partial charge is 0.495 e. The van der Waals surface area contributed by atoms with E-state index in [1.165, 1.54) is 18.4 Å². The van der Waals surface area contributed by atoms with Crippen molar-refractivity contribution in [2.75, 3.05) is 13.7 Å². The Bertz CT molecular complexity index is 362. The van der Waals surface area contributed by atoms with Gasteiger partial charge in [0, 0.05) is 16.1 Å². The number of nitrogens with one attached hydrogen (secondary N) is 1. The molecule has 1 heterocycles. The third-order valence-electron chi connectivity index (χ3n) is 2.68. The molecule has 0 spiro atoms. The van der Waals surface area contributed by atoms with E-state index >= 15 is 0 Å². The average molecular weight is 335 g/mol. The third kappa shape index (κ3) is 2.37. The second-order valence-electron chi connectivity index (χ2n) is 3.66. The summed E-state index contributed by atoms with van der Waals surface area (Å²) in [5, 5.41) is 3.48. The molecule has 1 aromatic carbocycles. The first kappa shape index (κ1) is 11.4. The molecule has 0 aliphatic carbocycles. The van der Waals surface area contributed by atoms with Crippen molar-refractivity contribution in [1.82, 2.24) is 5.32 Å². The van der Waals surface area contributed by atoms with Crippen LogP contribution in [0.4, 0.5) is 0 Å². The molecule has 0 radical (unpaired) electrons. The van der Waals surface area contributed by atoms with Crippen LogP contribution in [0.1, 0.15) is 24.4 Å². The maximum Gasteiger partial charge on any atom is 0.137 e. The van der Waals surface area contributed by atoms with Crippen molar-refractivity contribution >= 4 is 31.9 Å². The van der Waals surface area contributed by atoms with Crippen molar-refractivity contribution in [3.05, 3.63) is 26.6 Å². The van der Waals surface area contributed by atoms with E-state index in [-0.39, 0.29) is 0 Å². The smallest absolute Gasteiger partial charge is 0.137 e. The number of rotatable bonds is 2. The van der Waals surface area contributed by atoms with Crippen LogP contribution in [0.25, 0.3) is 0 Å². The molecule has 2 rings (SSSR count). The van der Waals surface area contributed by atoms with Crippen molar-refractivity contribution in [2.45, 2.75) is 18.9 Å². The molecule has 15 heavy (non-hydrogen) atoms. The van der Waals surface area contributed by atoms with Crippen LogP contribution in [0.5, 0.6) is 5.75 Å². The first-order chi connectivity index (χ1) is 7.22. The highest BCUT2D eigenvalue weighted by Gasteiger charge is 2.21. The number of benzene rings is 1. The molecule has 1 fully saturated rings. The zero-order chi connectivity index (χ0) is 10.8. The lowest BCUT2D eigenvalue weighted by molar-refractivity contribution is 0.400. The summed E-state index contributed by atoms with van der Waals surface area (Å²) in [6.07, 6.45) is 2.41. The zero-order valence-electron chi connectivity index (χ0n) is 8.52. The fourth-order valence-electron chi connectivity index (χ4n) is 2.00. The van der Waals surface area contributed by atoms with Crippen LogP contribution in [0.2, 0.25) is 0 Å². The first-order valence-electron chi connectivity index (χ1n) is 4.98. The van der Waals surface area contributed by atoms with E-state index in [4.69, 9.17) is 4.74 Å². The molecule has 0 aromatic heterocycles. The van der Waals surface area contributed by atoms with Crippen LogP contribution in [0.15, 0.2) is 21.1 Å². The molecule has 1 aromatic rings. The van der Waals surface area contributed by atoms with Crippen LogP contribution < -0.4 is 10.1 Å². The lowest BCUT2D eigenvalue weighted by Gasteiger charge is -2.16. The van der Waals surface area contributed by atoms with Crippen LogP contribution in [-0.2, 0) is 0 Å². The summed E-state index contributed by atoms with van der Waals surface area (Å²) >= 11 is 7.03. The molecule has 1 aliphatic rings. The van der Waals surface area contributed by atoms with E-state index in [9.17, 15) is 0 Å². The van der Waals surface area contributed by atoms with Gasteiger partial charge in [-0.3, -0.25) is 0 Å². The number of halogens is 2. The monoisotopic (exact) mass is 333 g/mol. The van der Waals surface area contributed by atoms with E-state index in [1.807, 2.05) is 6.07 Å². The Morgan fingerprint density at radius 2 is 2.20 bits per heavy atom. The van der Waals surface area contributed by atoms with E-state index in [0.717, 1.165) is 21.2 Å². The standard InChI is InChI=1S/C11H13Br2NO/c1-15-11-8(10-3-2-4-14-10)5-7(12)6-9(11)13/h5-6,10,14H,2-4H2,1H3. The summed E-state index contributed by atoms with van der Waals surface area (Å²) in [7, 11) is 1.71. The van der Waals surface area contributed by atoms with Gasteiger partial charge in [0.15, 0.2) is 0 Å². The fourth-order valence-corrected chi connectivity index (χ4v) is 3.42. The maximum absolute atomic E-state index is 5.44. The van der Waals surface area contributed by atoms with E-state index in [1.54, 1.807) is 7.11 Å². The van der Waals surface area contributed by atoms with Crippen molar-refractivity contribution in [3.8, 4) is 5.75 Å². The van der Waals surface area contributed by atoms with Crippen molar-refractivity contribution in [1.29, 1.82) is 0 Å². The van der Waals surface area contributed by atoms with Crippen molar-refractivity contribution in [3.63, 3.8) is 0 Å². The van der Waals surface area contributed by atoms with Crippen molar-refractivity contribution in [2.24, 2.45) is 0 Å². The van der Waals surface area contributed by atoms with Crippen LogP contribution in [0, 0.1) is 0 Å². The molecule has 82 valence electrons. The van der Waals surface area contributed by atoms with Gasteiger partial charge in [-0.25, -0.2) is 0 Å². The summed E-state index contributed by atoms with van der Waals surface area (Å²) in [6.45, 7) is 1.10. The summed E-state index contributed by atoms with van der Waals surface area (Å²) < 4.78 is 7.52. The Morgan fingerprint density at radius 1 is 1.40 bits per heavy atom. The maximum atomic E-state index is 5.44. The lowest BCUT2D eigenvalue weighted by atomic mass is 10.0.